The highest BCUT2D eigenvalue weighted by molar-refractivity contribution is 7.98. The molecule has 3 nitrogen and oxygen atoms in total. The van der Waals surface area contributed by atoms with Crippen molar-refractivity contribution in [2.24, 2.45) is 0 Å². The molecule has 1 amide bonds. The smallest absolute Gasteiger partial charge is 0.255 e. The molecule has 5 heteroatoms. The first-order chi connectivity index (χ1) is 10.6. The maximum Gasteiger partial charge on any atom is 0.255 e. The maximum atomic E-state index is 12.5. The lowest BCUT2D eigenvalue weighted by Crippen LogP contribution is -2.27. The Kier molecular flexibility index (Phi) is 5.75. The summed E-state index contributed by atoms with van der Waals surface area (Å²) in [6.45, 7) is 1.90. The van der Waals surface area contributed by atoms with Crippen LogP contribution in [0.5, 0.6) is 5.75 Å². The molecule has 2 rings (SSSR count). The number of hydrogen-bond donors (Lipinski definition) is 1. The van der Waals surface area contributed by atoms with Gasteiger partial charge in [0.15, 0.2) is 0 Å². The van der Waals surface area contributed by atoms with E-state index in [4.69, 9.17) is 16.3 Å². The van der Waals surface area contributed by atoms with Gasteiger partial charge in [0.1, 0.15) is 5.75 Å². The molecule has 0 aliphatic heterocycles. The summed E-state index contributed by atoms with van der Waals surface area (Å²) in [5.74, 6) is 0.382. The number of ether oxygens (including phenoxy) is 1. The molecule has 2 aromatic carbocycles. The van der Waals surface area contributed by atoms with E-state index >= 15 is 0 Å². The van der Waals surface area contributed by atoms with Crippen LogP contribution < -0.4 is 10.1 Å². The number of methoxy groups -OCH3 is 1. The number of halogens is 1. The number of hydrogen-bond acceptors (Lipinski definition) is 3. The molecule has 0 fully saturated rings. The van der Waals surface area contributed by atoms with E-state index in [9.17, 15) is 4.79 Å². The predicted octanol–water partition coefficient (Wildman–Crippen LogP) is 4.56. The average Bonchev–Trinajstić information content (AvgIpc) is 2.54. The maximum absolute atomic E-state index is 12.5. The Morgan fingerprint density at radius 3 is 2.64 bits per heavy atom. The third-order valence-corrected chi connectivity index (χ3v) is 4.44. The summed E-state index contributed by atoms with van der Waals surface area (Å²) in [6.07, 6.45) is 1.98. The van der Waals surface area contributed by atoms with Crippen molar-refractivity contribution >= 4 is 29.3 Å². The Morgan fingerprint density at radius 2 is 2.00 bits per heavy atom. The fourth-order valence-corrected chi connectivity index (χ4v) is 2.89. The number of nitrogens with one attached hydrogen (secondary N) is 1. The Bertz CT molecular complexity index is 675. The van der Waals surface area contributed by atoms with Gasteiger partial charge < -0.3 is 10.1 Å². The van der Waals surface area contributed by atoms with Gasteiger partial charge in [0, 0.05) is 9.92 Å². The Balaban J connectivity index is 2.20. The van der Waals surface area contributed by atoms with Crippen LogP contribution >= 0.6 is 23.4 Å². The van der Waals surface area contributed by atoms with Crippen LogP contribution in [0, 0.1) is 0 Å². The van der Waals surface area contributed by atoms with E-state index in [-0.39, 0.29) is 11.9 Å². The predicted molar refractivity (Wildman–Crippen MR) is 92.1 cm³/mol. The fourth-order valence-electron chi connectivity index (χ4n) is 2.16. The number of rotatable bonds is 5. The Labute approximate surface area is 140 Å². The van der Waals surface area contributed by atoms with Crippen molar-refractivity contribution in [2.75, 3.05) is 13.4 Å². The van der Waals surface area contributed by atoms with Crippen molar-refractivity contribution in [1.29, 1.82) is 0 Å². The summed E-state index contributed by atoms with van der Waals surface area (Å²) in [5.41, 5.74) is 1.40. The van der Waals surface area contributed by atoms with Crippen molar-refractivity contribution in [3.63, 3.8) is 0 Å². The normalized spacial score (nSPS) is 11.8. The number of amides is 1. The number of thioether (sulfide) groups is 1. The second-order valence-electron chi connectivity index (χ2n) is 4.78. The number of carbonyl (C=O) groups excluding carboxylic acids is 1. The van der Waals surface area contributed by atoms with E-state index in [1.165, 1.54) is 0 Å². The molecule has 0 saturated carbocycles. The van der Waals surface area contributed by atoms with Crippen LogP contribution in [0.4, 0.5) is 0 Å². The monoisotopic (exact) mass is 335 g/mol. The first-order valence-corrected chi connectivity index (χ1v) is 8.44. The van der Waals surface area contributed by atoms with Crippen molar-refractivity contribution in [3.05, 3.63) is 58.6 Å². The van der Waals surface area contributed by atoms with Crippen LogP contribution in [-0.4, -0.2) is 19.3 Å². The van der Waals surface area contributed by atoms with Crippen molar-refractivity contribution in [3.8, 4) is 5.75 Å². The summed E-state index contributed by atoms with van der Waals surface area (Å²) >= 11 is 7.77. The van der Waals surface area contributed by atoms with E-state index in [2.05, 4.69) is 5.32 Å². The minimum Gasteiger partial charge on any atom is -0.496 e. The zero-order valence-electron chi connectivity index (χ0n) is 12.7. The van der Waals surface area contributed by atoms with Gasteiger partial charge in [-0.1, -0.05) is 29.8 Å². The summed E-state index contributed by atoms with van der Waals surface area (Å²) in [6, 6.07) is 12.8. The van der Waals surface area contributed by atoms with E-state index in [0.29, 0.717) is 16.3 Å². The highest BCUT2D eigenvalue weighted by atomic mass is 35.5. The van der Waals surface area contributed by atoms with Gasteiger partial charge in [0.25, 0.3) is 5.91 Å². The van der Waals surface area contributed by atoms with Gasteiger partial charge in [-0.05, 0) is 43.0 Å². The molecule has 0 heterocycles. The van der Waals surface area contributed by atoms with Crippen LogP contribution in [0.2, 0.25) is 5.02 Å². The number of carbonyl (C=O) groups is 1. The van der Waals surface area contributed by atoms with E-state index in [1.54, 1.807) is 24.9 Å². The fraction of sp³-hybridized carbons (Fsp3) is 0.235. The number of benzene rings is 2. The zero-order chi connectivity index (χ0) is 16.1. The lowest BCUT2D eigenvalue weighted by Gasteiger charge is -2.17. The molecule has 22 heavy (non-hydrogen) atoms. The molecule has 0 aromatic heterocycles. The molecule has 0 radical (unpaired) electrons. The van der Waals surface area contributed by atoms with Crippen molar-refractivity contribution in [1.82, 2.24) is 5.32 Å². The second-order valence-corrected chi connectivity index (χ2v) is 6.07. The summed E-state index contributed by atoms with van der Waals surface area (Å²) in [4.78, 5) is 13.5. The second kappa shape index (κ2) is 7.56. The lowest BCUT2D eigenvalue weighted by molar-refractivity contribution is 0.0937. The van der Waals surface area contributed by atoms with Gasteiger partial charge in [0.2, 0.25) is 0 Å². The van der Waals surface area contributed by atoms with Crippen LogP contribution in [0.15, 0.2) is 47.4 Å². The molecule has 0 aliphatic rings. The first kappa shape index (κ1) is 16.7. The van der Waals surface area contributed by atoms with Gasteiger partial charge in [-0.2, -0.15) is 0 Å². The molecule has 0 saturated heterocycles. The van der Waals surface area contributed by atoms with Crippen LogP contribution in [0.25, 0.3) is 0 Å². The summed E-state index contributed by atoms with van der Waals surface area (Å²) in [5, 5.41) is 3.59. The minimum atomic E-state index is -0.189. The molecular formula is C17H18ClNO2S. The van der Waals surface area contributed by atoms with Gasteiger partial charge in [-0.15, -0.1) is 11.8 Å². The Hall–Kier alpha value is -1.65. The molecule has 0 spiro atoms. The van der Waals surface area contributed by atoms with Crippen LogP contribution in [-0.2, 0) is 0 Å². The molecule has 0 unspecified atom stereocenters. The summed E-state index contributed by atoms with van der Waals surface area (Å²) < 4.78 is 5.32. The molecule has 116 valence electrons. The standard InChI is InChI=1S/C17H18ClNO2S/c1-11(13-6-4-5-7-15(13)18)19-17(20)14-9-8-12(22-3)10-16(14)21-2/h4-11H,1-3H3,(H,19,20)/t11-/m1/s1. The highest BCUT2D eigenvalue weighted by Gasteiger charge is 2.17. The van der Waals surface area contributed by atoms with E-state index < -0.39 is 0 Å². The lowest BCUT2D eigenvalue weighted by atomic mass is 10.1. The first-order valence-electron chi connectivity index (χ1n) is 6.84. The minimum absolute atomic E-state index is 0.183. The van der Waals surface area contributed by atoms with Crippen molar-refractivity contribution < 1.29 is 9.53 Å². The van der Waals surface area contributed by atoms with Crippen LogP contribution in [0.1, 0.15) is 28.9 Å². The molecule has 0 bridgehead atoms. The largest absolute Gasteiger partial charge is 0.496 e. The van der Waals surface area contributed by atoms with E-state index in [0.717, 1.165) is 10.5 Å². The van der Waals surface area contributed by atoms with Crippen molar-refractivity contribution in [2.45, 2.75) is 17.9 Å². The quantitative estimate of drug-likeness (QED) is 0.814. The molecule has 1 atom stereocenters. The zero-order valence-corrected chi connectivity index (χ0v) is 14.3. The third-order valence-electron chi connectivity index (χ3n) is 3.37. The average molecular weight is 336 g/mol. The Morgan fingerprint density at radius 1 is 1.27 bits per heavy atom. The topological polar surface area (TPSA) is 38.3 Å². The van der Waals surface area contributed by atoms with Gasteiger partial charge in [-0.3, -0.25) is 4.79 Å². The highest BCUT2D eigenvalue weighted by Crippen LogP contribution is 2.27. The van der Waals surface area contributed by atoms with Gasteiger partial charge >= 0.3 is 0 Å². The molecule has 2 aromatic rings. The van der Waals surface area contributed by atoms with Crippen LogP contribution in [0.3, 0.4) is 0 Å². The molecular weight excluding hydrogens is 318 g/mol. The van der Waals surface area contributed by atoms with Gasteiger partial charge in [0.05, 0.1) is 18.7 Å². The SMILES string of the molecule is COc1cc(SC)ccc1C(=O)N[C@H](C)c1ccccc1Cl. The molecule has 1 N–H and O–H groups in total. The van der Waals surface area contributed by atoms with E-state index in [1.807, 2.05) is 49.6 Å². The third kappa shape index (κ3) is 3.76. The molecule has 0 aliphatic carbocycles. The summed E-state index contributed by atoms with van der Waals surface area (Å²) in [7, 11) is 1.56. The van der Waals surface area contributed by atoms with Gasteiger partial charge in [-0.25, -0.2) is 0 Å².